The van der Waals surface area contributed by atoms with Gasteiger partial charge in [0.05, 0.1) is 5.56 Å². The standard InChI is InChI=1S/C15H9Cl2N3O/c16-13-5-4-11(14(17)20-13)15(21)19-12-3-1-2-9-8-18-7-6-10(9)12/h1-8H,(H,19,21). The van der Waals surface area contributed by atoms with Crippen LogP contribution in [0.4, 0.5) is 5.69 Å². The largest absolute Gasteiger partial charge is 0.321 e. The predicted molar refractivity (Wildman–Crippen MR) is 84.0 cm³/mol. The average Bonchev–Trinajstić information content (AvgIpc) is 2.47. The van der Waals surface area contributed by atoms with E-state index in [1.54, 1.807) is 18.5 Å². The summed E-state index contributed by atoms with van der Waals surface area (Å²) in [5, 5.41) is 4.98. The minimum absolute atomic E-state index is 0.0712. The van der Waals surface area contributed by atoms with Gasteiger partial charge in [0.25, 0.3) is 5.91 Å². The van der Waals surface area contributed by atoms with E-state index in [0.717, 1.165) is 10.8 Å². The molecule has 0 fully saturated rings. The van der Waals surface area contributed by atoms with Gasteiger partial charge in [-0.25, -0.2) is 4.98 Å². The van der Waals surface area contributed by atoms with Crippen LogP contribution >= 0.6 is 23.2 Å². The summed E-state index contributed by atoms with van der Waals surface area (Å²) in [5.74, 6) is -0.339. The van der Waals surface area contributed by atoms with E-state index in [4.69, 9.17) is 23.2 Å². The number of carbonyl (C=O) groups excluding carboxylic acids is 1. The van der Waals surface area contributed by atoms with Crippen LogP contribution in [0.5, 0.6) is 0 Å². The van der Waals surface area contributed by atoms with E-state index < -0.39 is 0 Å². The Kier molecular flexibility index (Phi) is 3.73. The zero-order valence-corrected chi connectivity index (χ0v) is 12.2. The fourth-order valence-corrected chi connectivity index (χ4v) is 2.43. The molecule has 0 aliphatic carbocycles. The van der Waals surface area contributed by atoms with Crippen molar-refractivity contribution < 1.29 is 4.79 Å². The van der Waals surface area contributed by atoms with Crippen LogP contribution in [0.3, 0.4) is 0 Å². The van der Waals surface area contributed by atoms with Gasteiger partial charge in [0.2, 0.25) is 0 Å². The van der Waals surface area contributed by atoms with Gasteiger partial charge >= 0.3 is 0 Å². The van der Waals surface area contributed by atoms with Crippen LogP contribution in [-0.4, -0.2) is 15.9 Å². The summed E-state index contributed by atoms with van der Waals surface area (Å²) in [6, 6.07) is 10.5. The number of amides is 1. The first kappa shape index (κ1) is 13.8. The Labute approximate surface area is 130 Å². The fraction of sp³-hybridized carbons (Fsp3) is 0. The number of halogens is 2. The summed E-state index contributed by atoms with van der Waals surface area (Å²) in [7, 11) is 0. The van der Waals surface area contributed by atoms with Crippen molar-refractivity contribution in [3.63, 3.8) is 0 Å². The first-order valence-corrected chi connectivity index (χ1v) is 6.87. The second-order valence-corrected chi connectivity index (χ2v) is 5.07. The number of nitrogens with zero attached hydrogens (tertiary/aromatic N) is 2. The predicted octanol–water partition coefficient (Wildman–Crippen LogP) is 4.19. The number of fused-ring (bicyclic) bond motifs is 1. The average molecular weight is 318 g/mol. The quantitative estimate of drug-likeness (QED) is 0.721. The number of rotatable bonds is 2. The molecular formula is C15H9Cl2N3O. The number of nitrogens with one attached hydrogen (secondary N) is 1. The molecule has 21 heavy (non-hydrogen) atoms. The third-order valence-corrected chi connectivity index (χ3v) is 3.49. The van der Waals surface area contributed by atoms with Crippen LogP contribution in [0, 0.1) is 0 Å². The second-order valence-electron chi connectivity index (χ2n) is 4.33. The molecular weight excluding hydrogens is 309 g/mol. The lowest BCUT2D eigenvalue weighted by atomic mass is 10.1. The molecule has 3 rings (SSSR count). The van der Waals surface area contributed by atoms with E-state index in [9.17, 15) is 4.79 Å². The molecule has 0 unspecified atom stereocenters. The van der Waals surface area contributed by atoms with Crippen molar-refractivity contribution in [3.05, 3.63) is 64.7 Å². The molecule has 0 spiro atoms. The Hall–Kier alpha value is -2.17. The van der Waals surface area contributed by atoms with Crippen molar-refractivity contribution in [1.29, 1.82) is 0 Å². The lowest BCUT2D eigenvalue weighted by molar-refractivity contribution is 0.102. The molecule has 0 radical (unpaired) electrons. The molecule has 1 N–H and O–H groups in total. The summed E-state index contributed by atoms with van der Waals surface area (Å²) < 4.78 is 0. The van der Waals surface area contributed by atoms with Crippen LogP contribution in [0.1, 0.15) is 10.4 Å². The molecule has 0 saturated carbocycles. The Morgan fingerprint density at radius 1 is 1.10 bits per heavy atom. The molecule has 2 aromatic heterocycles. The van der Waals surface area contributed by atoms with E-state index in [1.807, 2.05) is 24.3 Å². The first-order valence-electron chi connectivity index (χ1n) is 6.11. The number of hydrogen-bond acceptors (Lipinski definition) is 3. The summed E-state index contributed by atoms with van der Waals surface area (Å²) >= 11 is 11.7. The van der Waals surface area contributed by atoms with E-state index in [1.165, 1.54) is 6.07 Å². The van der Waals surface area contributed by atoms with E-state index in [-0.39, 0.29) is 21.8 Å². The summed E-state index contributed by atoms with van der Waals surface area (Å²) in [4.78, 5) is 20.2. The zero-order valence-electron chi connectivity index (χ0n) is 10.7. The third-order valence-electron chi connectivity index (χ3n) is 2.99. The van der Waals surface area contributed by atoms with Gasteiger partial charge in [-0.05, 0) is 24.3 Å². The van der Waals surface area contributed by atoms with Crippen LogP contribution in [0.2, 0.25) is 10.3 Å². The van der Waals surface area contributed by atoms with Gasteiger partial charge in [-0.3, -0.25) is 9.78 Å². The molecule has 0 atom stereocenters. The van der Waals surface area contributed by atoms with Crippen molar-refractivity contribution in [2.75, 3.05) is 5.32 Å². The maximum atomic E-state index is 12.3. The van der Waals surface area contributed by atoms with Gasteiger partial charge in [0, 0.05) is 28.9 Å². The Bertz CT molecular complexity index is 831. The molecule has 1 aromatic carbocycles. The normalized spacial score (nSPS) is 10.6. The smallest absolute Gasteiger partial charge is 0.258 e. The summed E-state index contributed by atoms with van der Waals surface area (Å²) in [5.41, 5.74) is 0.957. The first-order chi connectivity index (χ1) is 10.1. The molecule has 0 aliphatic heterocycles. The van der Waals surface area contributed by atoms with E-state index in [2.05, 4.69) is 15.3 Å². The lowest BCUT2D eigenvalue weighted by Crippen LogP contribution is -2.13. The van der Waals surface area contributed by atoms with E-state index in [0.29, 0.717) is 5.69 Å². The fourth-order valence-electron chi connectivity index (χ4n) is 2.00. The monoisotopic (exact) mass is 317 g/mol. The van der Waals surface area contributed by atoms with Gasteiger partial charge in [-0.2, -0.15) is 0 Å². The van der Waals surface area contributed by atoms with Crippen LogP contribution in [0.25, 0.3) is 10.8 Å². The highest BCUT2D eigenvalue weighted by Gasteiger charge is 2.13. The van der Waals surface area contributed by atoms with Crippen molar-refractivity contribution in [3.8, 4) is 0 Å². The molecule has 4 nitrogen and oxygen atoms in total. The highest BCUT2D eigenvalue weighted by molar-refractivity contribution is 6.35. The molecule has 0 bridgehead atoms. The number of hydrogen-bond donors (Lipinski definition) is 1. The molecule has 0 aliphatic rings. The van der Waals surface area contributed by atoms with Crippen LogP contribution in [0.15, 0.2) is 48.8 Å². The van der Waals surface area contributed by atoms with Crippen LogP contribution < -0.4 is 5.32 Å². The Morgan fingerprint density at radius 3 is 2.76 bits per heavy atom. The van der Waals surface area contributed by atoms with Gasteiger partial charge < -0.3 is 5.32 Å². The SMILES string of the molecule is O=C(Nc1cccc2cnccc12)c1ccc(Cl)nc1Cl. The summed E-state index contributed by atoms with van der Waals surface area (Å²) in [6.07, 6.45) is 3.41. The van der Waals surface area contributed by atoms with Gasteiger partial charge in [-0.1, -0.05) is 35.3 Å². The molecule has 104 valence electrons. The highest BCUT2D eigenvalue weighted by Crippen LogP contribution is 2.24. The molecule has 6 heteroatoms. The molecule has 0 saturated heterocycles. The van der Waals surface area contributed by atoms with Gasteiger partial charge in [0.15, 0.2) is 0 Å². The number of benzene rings is 1. The second kappa shape index (κ2) is 5.68. The lowest BCUT2D eigenvalue weighted by Gasteiger charge is -2.09. The highest BCUT2D eigenvalue weighted by atomic mass is 35.5. The Morgan fingerprint density at radius 2 is 1.95 bits per heavy atom. The number of pyridine rings is 2. The maximum Gasteiger partial charge on any atom is 0.258 e. The van der Waals surface area contributed by atoms with Gasteiger partial charge in [-0.15, -0.1) is 0 Å². The van der Waals surface area contributed by atoms with Crippen molar-refractivity contribution in [2.45, 2.75) is 0 Å². The molecule has 1 amide bonds. The molecule has 3 aromatic rings. The topological polar surface area (TPSA) is 54.9 Å². The third kappa shape index (κ3) is 2.82. The minimum Gasteiger partial charge on any atom is -0.321 e. The molecule has 2 heterocycles. The van der Waals surface area contributed by atoms with Crippen molar-refractivity contribution in [2.24, 2.45) is 0 Å². The van der Waals surface area contributed by atoms with Crippen LogP contribution in [-0.2, 0) is 0 Å². The van der Waals surface area contributed by atoms with Gasteiger partial charge in [0.1, 0.15) is 10.3 Å². The number of aromatic nitrogens is 2. The number of carbonyl (C=O) groups is 1. The van der Waals surface area contributed by atoms with Crippen molar-refractivity contribution >= 4 is 45.6 Å². The van der Waals surface area contributed by atoms with E-state index >= 15 is 0 Å². The van der Waals surface area contributed by atoms with Crippen molar-refractivity contribution in [1.82, 2.24) is 9.97 Å². The summed E-state index contributed by atoms with van der Waals surface area (Å²) in [6.45, 7) is 0. The Balaban J connectivity index is 1.97. The minimum atomic E-state index is -0.339. The number of anilines is 1. The maximum absolute atomic E-state index is 12.3. The zero-order chi connectivity index (χ0) is 14.8.